The molecule has 2 heterocycles. The zero-order chi connectivity index (χ0) is 37.5. The zero-order valence-corrected chi connectivity index (χ0v) is 31.6. The number of esters is 1. The van der Waals surface area contributed by atoms with Crippen molar-refractivity contribution in [3.63, 3.8) is 0 Å². The second-order valence-electron chi connectivity index (χ2n) is 14.8. The Labute approximate surface area is 304 Å². The van der Waals surface area contributed by atoms with E-state index in [1.807, 2.05) is 31.2 Å². The minimum atomic E-state index is -1.04. The van der Waals surface area contributed by atoms with Crippen molar-refractivity contribution in [2.24, 2.45) is 0 Å². The summed E-state index contributed by atoms with van der Waals surface area (Å²) in [6.45, 7) is 13.4. The first-order valence-corrected chi connectivity index (χ1v) is 18.0. The van der Waals surface area contributed by atoms with Crippen molar-refractivity contribution in [3.8, 4) is 0 Å². The summed E-state index contributed by atoms with van der Waals surface area (Å²) in [5.74, 6) is -1.31. The molecule has 2 saturated heterocycles. The minimum Gasteiger partial charge on any atom is -0.467 e. The van der Waals surface area contributed by atoms with E-state index in [1.165, 1.54) is 28.9 Å². The van der Waals surface area contributed by atoms with Gasteiger partial charge in [-0.05, 0) is 103 Å². The summed E-state index contributed by atoms with van der Waals surface area (Å²) >= 11 is 1.53. The van der Waals surface area contributed by atoms with Gasteiger partial charge in [-0.3, -0.25) is 14.5 Å². The third-order valence-electron chi connectivity index (χ3n) is 8.18. The number of anilines is 1. The Morgan fingerprint density at radius 2 is 1.45 bits per heavy atom. The number of piperazine rings is 1. The van der Waals surface area contributed by atoms with Gasteiger partial charge in [0.2, 0.25) is 11.8 Å². The van der Waals surface area contributed by atoms with E-state index in [4.69, 9.17) is 14.2 Å². The minimum absolute atomic E-state index is 0.0784. The molecule has 51 heavy (non-hydrogen) atoms. The van der Waals surface area contributed by atoms with Crippen LogP contribution in [0.1, 0.15) is 65.5 Å². The number of hydrogen-bond acceptors (Lipinski definition) is 10. The Morgan fingerprint density at radius 1 is 0.824 bits per heavy atom. The Morgan fingerprint density at radius 3 is 2.06 bits per heavy atom. The summed E-state index contributed by atoms with van der Waals surface area (Å²) in [5.41, 5.74) is 0.814. The highest BCUT2D eigenvalue weighted by Gasteiger charge is 2.40. The Hall–Kier alpha value is -4.30. The highest BCUT2D eigenvalue weighted by molar-refractivity contribution is 7.97. The summed E-state index contributed by atoms with van der Waals surface area (Å²) in [6.07, 6.45) is 0.473. The number of aryl methyl sites for hydroxylation is 1. The molecule has 4 amide bonds. The number of amides is 4. The van der Waals surface area contributed by atoms with Crippen LogP contribution in [0.15, 0.2) is 53.4 Å². The van der Waals surface area contributed by atoms with Crippen molar-refractivity contribution in [1.82, 2.24) is 19.4 Å². The molecule has 2 aromatic carbocycles. The number of ether oxygens (including phenoxy) is 3. The number of benzene rings is 2. The fourth-order valence-electron chi connectivity index (χ4n) is 5.67. The van der Waals surface area contributed by atoms with Gasteiger partial charge in [-0.1, -0.05) is 29.8 Å². The average molecular weight is 726 g/mol. The molecular formula is C37H51N5O8S. The van der Waals surface area contributed by atoms with E-state index in [-0.39, 0.29) is 32.0 Å². The summed E-state index contributed by atoms with van der Waals surface area (Å²) in [6, 6.07) is 12.6. The lowest BCUT2D eigenvalue weighted by Crippen LogP contribution is -2.61. The highest BCUT2D eigenvalue weighted by atomic mass is 32.2. The third-order valence-corrected chi connectivity index (χ3v) is 9.33. The monoisotopic (exact) mass is 725 g/mol. The molecule has 0 aromatic heterocycles. The maximum atomic E-state index is 13.6. The fourth-order valence-corrected chi connectivity index (χ4v) is 6.75. The average Bonchev–Trinajstić information content (AvgIpc) is 3.52. The SMILES string of the molecule is COC(=O)[C@H](Cc1ccc(NC(=O)C2CN(C(=O)OC(C)(C)C)CCN2C(=O)OC(C)(C)C)cc1)NC(=O)[C@@H]1CCCN1Sc1ccc(C)cc1. The van der Waals surface area contributed by atoms with Gasteiger partial charge in [0.05, 0.1) is 19.7 Å². The molecular weight excluding hydrogens is 675 g/mol. The van der Waals surface area contributed by atoms with Crippen LogP contribution < -0.4 is 10.6 Å². The molecule has 3 atom stereocenters. The van der Waals surface area contributed by atoms with Crippen LogP contribution >= 0.6 is 11.9 Å². The van der Waals surface area contributed by atoms with Crippen LogP contribution in [-0.4, -0.2) is 107 Å². The standard InChI is InChI=1S/C37H51N5O8S/c1-24-11-17-27(18-12-24)51-42-19-9-10-29(42)31(43)39-28(33(45)48-8)22-25-13-15-26(16-14-25)38-32(44)30-23-40(34(46)49-36(2,3)4)20-21-41(30)35(47)50-37(5,6)7/h11-18,28-30H,9-10,19-23H2,1-8H3,(H,38,44)(H,39,43)/t28-,29-,30?/m0/s1. The van der Waals surface area contributed by atoms with Crippen molar-refractivity contribution < 1.29 is 38.2 Å². The molecule has 4 rings (SSSR count). The predicted octanol–water partition coefficient (Wildman–Crippen LogP) is 5.16. The van der Waals surface area contributed by atoms with Crippen LogP contribution in [0.5, 0.6) is 0 Å². The lowest BCUT2D eigenvalue weighted by molar-refractivity contribution is -0.145. The molecule has 278 valence electrons. The van der Waals surface area contributed by atoms with Crippen molar-refractivity contribution in [2.45, 2.75) is 102 Å². The number of carbonyl (C=O) groups is 5. The number of carbonyl (C=O) groups excluding carboxylic acids is 5. The molecule has 0 spiro atoms. The van der Waals surface area contributed by atoms with Crippen LogP contribution in [0.4, 0.5) is 15.3 Å². The predicted molar refractivity (Wildman–Crippen MR) is 194 cm³/mol. The molecule has 2 aliphatic rings. The number of methoxy groups -OCH3 is 1. The molecule has 2 N–H and O–H groups in total. The van der Waals surface area contributed by atoms with E-state index in [0.29, 0.717) is 12.1 Å². The molecule has 2 aromatic rings. The van der Waals surface area contributed by atoms with Gasteiger partial charge in [-0.25, -0.2) is 18.7 Å². The highest BCUT2D eigenvalue weighted by Crippen LogP contribution is 2.31. The van der Waals surface area contributed by atoms with E-state index >= 15 is 0 Å². The summed E-state index contributed by atoms with van der Waals surface area (Å²) in [4.78, 5) is 69.6. The van der Waals surface area contributed by atoms with Gasteiger partial charge in [0.15, 0.2) is 0 Å². The summed E-state index contributed by atoms with van der Waals surface area (Å²) < 4.78 is 18.2. The number of rotatable bonds is 9. The normalized spacial score (nSPS) is 18.8. The molecule has 2 fully saturated rings. The van der Waals surface area contributed by atoms with E-state index in [9.17, 15) is 24.0 Å². The molecule has 0 aliphatic carbocycles. The van der Waals surface area contributed by atoms with Crippen LogP contribution in [-0.2, 0) is 35.0 Å². The van der Waals surface area contributed by atoms with Crippen molar-refractivity contribution >= 4 is 47.6 Å². The quantitative estimate of drug-likeness (QED) is 0.202. The van der Waals surface area contributed by atoms with E-state index in [1.54, 1.807) is 65.8 Å². The largest absolute Gasteiger partial charge is 0.467 e. The molecule has 0 bridgehead atoms. The maximum Gasteiger partial charge on any atom is 0.411 e. The Balaban J connectivity index is 1.42. The fraction of sp³-hybridized carbons (Fsp3) is 0.541. The lowest BCUT2D eigenvalue weighted by atomic mass is 10.0. The van der Waals surface area contributed by atoms with Crippen molar-refractivity contribution in [3.05, 3.63) is 59.7 Å². The molecule has 0 radical (unpaired) electrons. The number of hydrogen-bond donors (Lipinski definition) is 2. The van der Waals surface area contributed by atoms with Gasteiger partial charge in [0.25, 0.3) is 0 Å². The summed E-state index contributed by atoms with van der Waals surface area (Å²) in [5, 5.41) is 5.74. The first kappa shape index (κ1) is 39.5. The van der Waals surface area contributed by atoms with E-state index in [0.717, 1.165) is 29.0 Å². The van der Waals surface area contributed by atoms with Crippen molar-refractivity contribution in [1.29, 1.82) is 0 Å². The molecule has 13 nitrogen and oxygen atoms in total. The van der Waals surface area contributed by atoms with Gasteiger partial charge < -0.3 is 29.7 Å². The molecule has 1 unspecified atom stereocenters. The smallest absolute Gasteiger partial charge is 0.411 e. The second kappa shape index (κ2) is 16.8. The number of nitrogens with zero attached hydrogens (tertiary/aromatic N) is 3. The van der Waals surface area contributed by atoms with Crippen LogP contribution in [0.25, 0.3) is 0 Å². The van der Waals surface area contributed by atoms with Gasteiger partial charge in [0.1, 0.15) is 23.3 Å². The lowest BCUT2D eigenvalue weighted by Gasteiger charge is -2.41. The van der Waals surface area contributed by atoms with Crippen LogP contribution in [0, 0.1) is 6.92 Å². The Bertz CT molecular complexity index is 1550. The van der Waals surface area contributed by atoms with Gasteiger partial charge in [-0.15, -0.1) is 0 Å². The van der Waals surface area contributed by atoms with Crippen LogP contribution in [0.2, 0.25) is 0 Å². The zero-order valence-electron chi connectivity index (χ0n) is 30.8. The van der Waals surface area contributed by atoms with Gasteiger partial charge in [0, 0.05) is 36.6 Å². The summed E-state index contributed by atoms with van der Waals surface area (Å²) in [7, 11) is 1.28. The first-order chi connectivity index (χ1) is 23.9. The Kier molecular flexibility index (Phi) is 13.0. The van der Waals surface area contributed by atoms with Crippen LogP contribution in [0.3, 0.4) is 0 Å². The van der Waals surface area contributed by atoms with E-state index in [2.05, 4.69) is 14.9 Å². The molecule has 2 aliphatic heterocycles. The second-order valence-corrected chi connectivity index (χ2v) is 15.9. The third kappa shape index (κ3) is 11.6. The molecule has 14 heteroatoms. The van der Waals surface area contributed by atoms with Gasteiger partial charge >= 0.3 is 18.2 Å². The molecule has 0 saturated carbocycles. The van der Waals surface area contributed by atoms with Gasteiger partial charge in [-0.2, -0.15) is 0 Å². The topological polar surface area (TPSA) is 147 Å². The first-order valence-electron chi connectivity index (χ1n) is 17.2. The number of nitrogens with one attached hydrogen (secondary N) is 2. The van der Waals surface area contributed by atoms with E-state index < -0.39 is 53.4 Å². The maximum absolute atomic E-state index is 13.6. The van der Waals surface area contributed by atoms with Crippen molar-refractivity contribution in [2.75, 3.05) is 38.6 Å².